The summed E-state index contributed by atoms with van der Waals surface area (Å²) in [5.41, 5.74) is 13.3. The number of hydrogen-bond acceptors (Lipinski definition) is 3. The van der Waals surface area contributed by atoms with Gasteiger partial charge in [0.05, 0.1) is 0 Å². The first-order chi connectivity index (χ1) is 7.15. The highest BCUT2D eigenvalue weighted by Gasteiger charge is 2.10. The van der Waals surface area contributed by atoms with E-state index in [1.165, 1.54) is 0 Å². The molecule has 0 radical (unpaired) electrons. The van der Waals surface area contributed by atoms with Crippen LogP contribution in [0.25, 0.3) is 0 Å². The predicted molar refractivity (Wildman–Crippen MR) is 69.9 cm³/mol. The minimum absolute atomic E-state index is 0. The molecule has 1 rings (SSSR count). The van der Waals surface area contributed by atoms with Crippen LogP contribution >= 0.6 is 12.4 Å². The second-order valence-electron chi connectivity index (χ2n) is 3.95. The van der Waals surface area contributed by atoms with E-state index in [4.69, 9.17) is 11.5 Å². The first-order valence-electron chi connectivity index (χ1n) is 5.40. The number of aryl methyl sites for hydroxylation is 1. The largest absolute Gasteiger partial charge is 0.508 e. The van der Waals surface area contributed by atoms with Crippen molar-refractivity contribution in [3.63, 3.8) is 0 Å². The fraction of sp³-hybridized carbons (Fsp3) is 0.500. The van der Waals surface area contributed by atoms with Crippen LogP contribution in [0.15, 0.2) is 18.2 Å². The second-order valence-corrected chi connectivity index (χ2v) is 3.95. The number of phenolic OH excluding ortho intramolecular Hbond substituents is 1. The number of hydrogen-bond donors (Lipinski definition) is 3. The van der Waals surface area contributed by atoms with E-state index in [-0.39, 0.29) is 18.4 Å². The van der Waals surface area contributed by atoms with Gasteiger partial charge in [-0.15, -0.1) is 12.4 Å². The lowest BCUT2D eigenvalue weighted by Crippen LogP contribution is -2.11. The van der Waals surface area contributed by atoms with Crippen LogP contribution in [0.3, 0.4) is 0 Å². The Balaban J connectivity index is 0.00000225. The number of benzene rings is 1. The smallest absolute Gasteiger partial charge is 0.120 e. The van der Waals surface area contributed by atoms with Crippen LogP contribution in [0.2, 0.25) is 0 Å². The molecule has 1 atom stereocenters. The average molecular weight is 245 g/mol. The summed E-state index contributed by atoms with van der Waals surface area (Å²) in [6, 6.07) is 5.53. The van der Waals surface area contributed by atoms with Gasteiger partial charge in [-0.3, -0.25) is 0 Å². The normalized spacial score (nSPS) is 11.9. The van der Waals surface area contributed by atoms with Crippen LogP contribution in [-0.2, 0) is 0 Å². The molecule has 0 heterocycles. The third-order valence-electron chi connectivity index (χ3n) is 2.55. The molecule has 0 saturated heterocycles. The number of halogens is 1. The van der Waals surface area contributed by atoms with E-state index in [0.29, 0.717) is 12.3 Å². The summed E-state index contributed by atoms with van der Waals surface area (Å²) in [6.45, 7) is 2.65. The van der Waals surface area contributed by atoms with Gasteiger partial charge in [0.25, 0.3) is 0 Å². The molecule has 16 heavy (non-hydrogen) atoms. The minimum Gasteiger partial charge on any atom is -0.508 e. The number of unbranched alkanes of at least 4 members (excludes halogenated alkanes) is 1. The Bertz CT molecular complexity index is 318. The number of rotatable bonds is 5. The monoisotopic (exact) mass is 244 g/mol. The molecule has 0 aliphatic carbocycles. The van der Waals surface area contributed by atoms with Gasteiger partial charge < -0.3 is 16.6 Å². The molecule has 1 aromatic carbocycles. The van der Waals surface area contributed by atoms with E-state index >= 15 is 0 Å². The maximum atomic E-state index is 9.71. The maximum Gasteiger partial charge on any atom is 0.120 e. The summed E-state index contributed by atoms with van der Waals surface area (Å²) in [6.07, 6.45) is 2.86. The quantitative estimate of drug-likeness (QED) is 0.696. The zero-order valence-electron chi connectivity index (χ0n) is 9.65. The highest BCUT2D eigenvalue weighted by Crippen LogP contribution is 2.26. The van der Waals surface area contributed by atoms with Crippen molar-refractivity contribution in [2.45, 2.75) is 32.2 Å². The summed E-state index contributed by atoms with van der Waals surface area (Å²) in [4.78, 5) is 0. The molecule has 4 heteroatoms. The van der Waals surface area contributed by atoms with Gasteiger partial charge in [0.2, 0.25) is 0 Å². The van der Waals surface area contributed by atoms with Crippen molar-refractivity contribution < 1.29 is 5.11 Å². The SMILES string of the molecule is Cc1ccc([C@@H](N)CCCCN)c(O)c1.Cl. The van der Waals surface area contributed by atoms with Gasteiger partial charge in [-0.05, 0) is 37.9 Å². The molecule has 0 aliphatic rings. The Morgan fingerprint density at radius 1 is 1.31 bits per heavy atom. The van der Waals surface area contributed by atoms with Crippen molar-refractivity contribution in [3.8, 4) is 5.75 Å². The molecule has 0 bridgehead atoms. The predicted octanol–water partition coefficient (Wildman–Crippen LogP) is 2.25. The highest BCUT2D eigenvalue weighted by atomic mass is 35.5. The van der Waals surface area contributed by atoms with Crippen LogP contribution in [0, 0.1) is 6.92 Å². The third-order valence-corrected chi connectivity index (χ3v) is 2.55. The lowest BCUT2D eigenvalue weighted by Gasteiger charge is -2.13. The summed E-state index contributed by atoms with van der Waals surface area (Å²) in [5.74, 6) is 0.301. The fourth-order valence-electron chi connectivity index (χ4n) is 1.63. The molecular formula is C12H21ClN2O. The molecule has 5 N–H and O–H groups in total. The van der Waals surface area contributed by atoms with E-state index < -0.39 is 0 Å². The molecule has 0 unspecified atom stereocenters. The topological polar surface area (TPSA) is 72.3 Å². The molecule has 0 amide bonds. The second kappa shape index (κ2) is 7.49. The van der Waals surface area contributed by atoms with Gasteiger partial charge in [-0.2, -0.15) is 0 Å². The van der Waals surface area contributed by atoms with Crippen LogP contribution < -0.4 is 11.5 Å². The zero-order valence-corrected chi connectivity index (χ0v) is 10.5. The molecule has 0 aliphatic heterocycles. The van der Waals surface area contributed by atoms with E-state index in [2.05, 4.69) is 0 Å². The molecule has 1 aromatic rings. The van der Waals surface area contributed by atoms with E-state index in [1.54, 1.807) is 6.07 Å². The Morgan fingerprint density at radius 2 is 2.00 bits per heavy atom. The van der Waals surface area contributed by atoms with E-state index in [0.717, 1.165) is 30.4 Å². The van der Waals surface area contributed by atoms with Crippen molar-refractivity contribution >= 4 is 12.4 Å². The van der Waals surface area contributed by atoms with Gasteiger partial charge in [0.1, 0.15) is 5.75 Å². The summed E-state index contributed by atoms with van der Waals surface area (Å²) < 4.78 is 0. The van der Waals surface area contributed by atoms with Crippen LogP contribution in [0.4, 0.5) is 0 Å². The van der Waals surface area contributed by atoms with Gasteiger partial charge in [-0.1, -0.05) is 18.6 Å². The van der Waals surface area contributed by atoms with Gasteiger partial charge >= 0.3 is 0 Å². The van der Waals surface area contributed by atoms with E-state index in [1.807, 2.05) is 19.1 Å². The average Bonchev–Trinajstić information content (AvgIpc) is 2.17. The van der Waals surface area contributed by atoms with Crippen molar-refractivity contribution in [2.75, 3.05) is 6.54 Å². The fourth-order valence-corrected chi connectivity index (χ4v) is 1.63. The lowest BCUT2D eigenvalue weighted by molar-refractivity contribution is 0.456. The van der Waals surface area contributed by atoms with Gasteiger partial charge in [0.15, 0.2) is 0 Å². The molecular weight excluding hydrogens is 224 g/mol. The van der Waals surface area contributed by atoms with Crippen molar-refractivity contribution in [3.05, 3.63) is 29.3 Å². The zero-order chi connectivity index (χ0) is 11.3. The summed E-state index contributed by atoms with van der Waals surface area (Å²) >= 11 is 0. The molecule has 0 saturated carbocycles. The number of phenols is 1. The standard InChI is InChI=1S/C12H20N2O.ClH/c1-9-5-6-10(12(15)8-9)11(14)4-2-3-7-13;/h5-6,8,11,15H,2-4,7,13-14H2,1H3;1H/t11-;/m0./s1. The number of nitrogens with two attached hydrogens (primary N) is 2. The van der Waals surface area contributed by atoms with Gasteiger partial charge in [-0.25, -0.2) is 0 Å². The highest BCUT2D eigenvalue weighted by molar-refractivity contribution is 5.85. The molecule has 0 aromatic heterocycles. The summed E-state index contributed by atoms with van der Waals surface area (Å²) in [7, 11) is 0. The Labute approximate surface area is 103 Å². The van der Waals surface area contributed by atoms with Crippen LogP contribution in [0.5, 0.6) is 5.75 Å². The molecule has 92 valence electrons. The third kappa shape index (κ3) is 4.39. The Morgan fingerprint density at radius 3 is 2.56 bits per heavy atom. The van der Waals surface area contributed by atoms with Crippen molar-refractivity contribution in [1.82, 2.24) is 0 Å². The molecule has 3 nitrogen and oxygen atoms in total. The molecule has 0 spiro atoms. The first-order valence-corrected chi connectivity index (χ1v) is 5.40. The first kappa shape index (κ1) is 15.2. The number of aromatic hydroxyl groups is 1. The summed E-state index contributed by atoms with van der Waals surface area (Å²) in [5, 5.41) is 9.71. The Hall–Kier alpha value is -0.770. The van der Waals surface area contributed by atoms with Gasteiger partial charge in [0, 0.05) is 11.6 Å². The van der Waals surface area contributed by atoms with Crippen LogP contribution in [0.1, 0.15) is 36.4 Å². The maximum absolute atomic E-state index is 9.71. The minimum atomic E-state index is -0.0860. The Kier molecular flexibility index (Phi) is 7.13. The molecule has 0 fully saturated rings. The van der Waals surface area contributed by atoms with Crippen LogP contribution in [-0.4, -0.2) is 11.7 Å². The lowest BCUT2D eigenvalue weighted by atomic mass is 10.00. The van der Waals surface area contributed by atoms with E-state index in [9.17, 15) is 5.11 Å². The van der Waals surface area contributed by atoms with Crippen molar-refractivity contribution in [1.29, 1.82) is 0 Å². The van der Waals surface area contributed by atoms with Crippen molar-refractivity contribution in [2.24, 2.45) is 11.5 Å².